The minimum Gasteiger partial charge on any atom is -0.383 e. The number of aryl methyl sites for hydroxylation is 1. The topological polar surface area (TPSA) is 81.5 Å². The lowest BCUT2D eigenvalue weighted by Gasteiger charge is -2.24. The van der Waals surface area contributed by atoms with Crippen molar-refractivity contribution in [2.24, 2.45) is 11.8 Å². The smallest absolute Gasteiger partial charge is 0.228 e. The Morgan fingerprint density at radius 3 is 2.61 bits per heavy atom. The van der Waals surface area contributed by atoms with E-state index in [1.54, 1.807) is 22.8 Å². The fraction of sp³-hybridized carbons (Fsp3) is 0.565. The van der Waals surface area contributed by atoms with Crippen LogP contribution in [0, 0.1) is 18.8 Å². The van der Waals surface area contributed by atoms with Crippen LogP contribution in [0.1, 0.15) is 43.5 Å². The Kier molecular flexibility index (Phi) is 7.54. The Bertz CT molecular complexity index is 1010. The Hall–Kier alpha value is -2.19. The summed E-state index contributed by atoms with van der Waals surface area (Å²) >= 11 is 0. The van der Waals surface area contributed by atoms with E-state index < -0.39 is 9.84 Å². The van der Waals surface area contributed by atoms with Gasteiger partial charge in [0, 0.05) is 26.1 Å². The largest absolute Gasteiger partial charge is 0.383 e. The monoisotopic (exact) mass is 447 g/mol. The summed E-state index contributed by atoms with van der Waals surface area (Å²) in [7, 11) is -2.03. The summed E-state index contributed by atoms with van der Waals surface area (Å²) in [5, 5.41) is 0.0741. The zero-order valence-electron chi connectivity index (χ0n) is 18.9. The van der Waals surface area contributed by atoms with Crippen molar-refractivity contribution in [3.63, 3.8) is 0 Å². The van der Waals surface area contributed by atoms with Gasteiger partial charge < -0.3 is 14.2 Å². The molecule has 8 heteroatoms. The molecule has 3 rings (SSSR count). The van der Waals surface area contributed by atoms with Crippen molar-refractivity contribution in [1.29, 1.82) is 0 Å². The first-order valence-corrected chi connectivity index (χ1v) is 12.5. The summed E-state index contributed by atoms with van der Waals surface area (Å²) in [6.07, 6.45) is 3.44. The number of hydrogen-bond donors (Lipinski definition) is 0. The van der Waals surface area contributed by atoms with Gasteiger partial charge in [-0.25, -0.2) is 13.4 Å². The number of benzene rings is 1. The van der Waals surface area contributed by atoms with E-state index in [-0.39, 0.29) is 28.7 Å². The molecule has 7 nitrogen and oxygen atoms in total. The van der Waals surface area contributed by atoms with Crippen LogP contribution in [0.5, 0.6) is 0 Å². The standard InChI is InChI=1S/C23H33N3O4S/c1-17(2)14-26-21(15-25(11-12-30-4)22(27)19-9-10-19)13-24-23(26)31(28,29)16-20-8-6-5-7-18(20)3/h5-8,13,17,19H,9-12,14-16H2,1-4H3. The molecule has 1 fully saturated rings. The highest BCUT2D eigenvalue weighted by atomic mass is 32.2. The van der Waals surface area contributed by atoms with Crippen LogP contribution in [-0.4, -0.2) is 49.0 Å². The van der Waals surface area contributed by atoms with Crippen molar-refractivity contribution in [1.82, 2.24) is 14.5 Å². The average molecular weight is 448 g/mol. The predicted octanol–water partition coefficient (Wildman–Crippen LogP) is 3.21. The number of ether oxygens (including phenoxy) is 1. The second-order valence-electron chi connectivity index (χ2n) is 8.75. The van der Waals surface area contributed by atoms with Crippen molar-refractivity contribution in [2.45, 2.75) is 57.6 Å². The molecule has 0 aliphatic heterocycles. The first-order chi connectivity index (χ1) is 14.7. The van der Waals surface area contributed by atoms with Crippen molar-refractivity contribution in [3.8, 4) is 0 Å². The molecule has 0 bridgehead atoms. The van der Waals surface area contributed by atoms with E-state index in [9.17, 15) is 13.2 Å². The van der Waals surface area contributed by atoms with Gasteiger partial charge in [0.15, 0.2) is 0 Å². The lowest BCUT2D eigenvalue weighted by atomic mass is 10.1. The maximum absolute atomic E-state index is 13.3. The molecule has 0 unspecified atom stereocenters. The second kappa shape index (κ2) is 9.96. The van der Waals surface area contributed by atoms with Gasteiger partial charge in [-0.1, -0.05) is 38.1 Å². The van der Waals surface area contributed by atoms with E-state index in [2.05, 4.69) is 4.98 Å². The molecule has 1 amide bonds. The van der Waals surface area contributed by atoms with E-state index >= 15 is 0 Å². The quantitative estimate of drug-likeness (QED) is 0.528. The van der Waals surface area contributed by atoms with E-state index in [0.717, 1.165) is 29.7 Å². The number of carbonyl (C=O) groups excluding carboxylic acids is 1. The third-order valence-corrected chi connectivity index (χ3v) is 7.06. The lowest BCUT2D eigenvalue weighted by molar-refractivity contribution is -0.133. The Morgan fingerprint density at radius 2 is 2.00 bits per heavy atom. The molecule has 1 aromatic carbocycles. The van der Waals surface area contributed by atoms with Crippen LogP contribution in [0.4, 0.5) is 0 Å². The number of nitrogens with zero attached hydrogens (tertiary/aromatic N) is 3. The molecule has 170 valence electrons. The molecule has 0 atom stereocenters. The van der Waals surface area contributed by atoms with Crippen LogP contribution in [0.25, 0.3) is 0 Å². The molecule has 0 saturated heterocycles. The molecule has 1 saturated carbocycles. The number of amides is 1. The Labute approximate surface area is 185 Å². The van der Waals surface area contributed by atoms with Crippen molar-refractivity contribution in [2.75, 3.05) is 20.3 Å². The Balaban J connectivity index is 1.91. The van der Waals surface area contributed by atoms with Gasteiger partial charge in [-0.05, 0) is 36.8 Å². The summed E-state index contributed by atoms with van der Waals surface area (Å²) in [4.78, 5) is 18.9. The molecule has 31 heavy (non-hydrogen) atoms. The van der Waals surface area contributed by atoms with Crippen LogP contribution in [0.3, 0.4) is 0 Å². The van der Waals surface area contributed by atoms with Crippen molar-refractivity contribution in [3.05, 3.63) is 47.3 Å². The molecule has 1 heterocycles. The number of aromatic nitrogens is 2. The first-order valence-electron chi connectivity index (χ1n) is 10.8. The highest BCUT2D eigenvalue weighted by Crippen LogP contribution is 2.31. The van der Waals surface area contributed by atoms with E-state index in [1.807, 2.05) is 45.0 Å². The van der Waals surface area contributed by atoms with Crippen LogP contribution in [-0.2, 0) is 38.2 Å². The van der Waals surface area contributed by atoms with E-state index in [0.29, 0.717) is 26.2 Å². The fourth-order valence-corrected chi connectivity index (χ4v) is 5.22. The number of rotatable bonds is 11. The highest BCUT2D eigenvalue weighted by Gasteiger charge is 2.34. The van der Waals surface area contributed by atoms with Gasteiger partial charge in [0.2, 0.25) is 20.9 Å². The normalized spacial score (nSPS) is 14.2. The second-order valence-corrected chi connectivity index (χ2v) is 10.6. The highest BCUT2D eigenvalue weighted by molar-refractivity contribution is 7.90. The molecule has 1 aromatic heterocycles. The fourth-order valence-electron chi connectivity index (χ4n) is 3.62. The molecule has 1 aliphatic carbocycles. The molecular weight excluding hydrogens is 414 g/mol. The number of imidazole rings is 1. The van der Waals surface area contributed by atoms with Gasteiger partial charge in [-0.3, -0.25) is 4.79 Å². The van der Waals surface area contributed by atoms with Crippen LogP contribution < -0.4 is 0 Å². The Morgan fingerprint density at radius 1 is 1.29 bits per heavy atom. The molecule has 0 N–H and O–H groups in total. The number of sulfone groups is 1. The van der Waals surface area contributed by atoms with Gasteiger partial charge >= 0.3 is 0 Å². The molecule has 1 aliphatic rings. The summed E-state index contributed by atoms with van der Waals surface area (Å²) < 4.78 is 33.5. The first kappa shape index (κ1) is 23.5. The van der Waals surface area contributed by atoms with Crippen molar-refractivity contribution >= 4 is 15.7 Å². The van der Waals surface area contributed by atoms with E-state index in [4.69, 9.17) is 4.74 Å². The number of methoxy groups -OCH3 is 1. The average Bonchev–Trinajstić information content (AvgIpc) is 3.48. The molecule has 2 aromatic rings. The molecule has 0 radical (unpaired) electrons. The van der Waals surface area contributed by atoms with E-state index in [1.165, 1.54) is 0 Å². The van der Waals surface area contributed by atoms with Gasteiger partial charge in [0.1, 0.15) is 0 Å². The number of hydrogen-bond acceptors (Lipinski definition) is 5. The summed E-state index contributed by atoms with van der Waals surface area (Å²) in [5.41, 5.74) is 2.45. The van der Waals surface area contributed by atoms with Crippen LogP contribution in [0.2, 0.25) is 0 Å². The van der Waals surface area contributed by atoms with Gasteiger partial charge in [-0.2, -0.15) is 0 Å². The maximum atomic E-state index is 13.3. The SMILES string of the molecule is COCCN(Cc1cnc(S(=O)(=O)Cc2ccccc2C)n1CC(C)C)C(=O)C1CC1. The minimum absolute atomic E-state index is 0.0741. The maximum Gasteiger partial charge on any atom is 0.228 e. The zero-order chi connectivity index (χ0) is 22.6. The van der Waals surface area contributed by atoms with Crippen LogP contribution >= 0.6 is 0 Å². The third-order valence-electron chi connectivity index (χ3n) is 5.49. The minimum atomic E-state index is -3.64. The number of carbonyl (C=O) groups is 1. The lowest BCUT2D eigenvalue weighted by Crippen LogP contribution is -2.35. The zero-order valence-corrected chi connectivity index (χ0v) is 19.7. The van der Waals surface area contributed by atoms with Gasteiger partial charge in [0.25, 0.3) is 0 Å². The van der Waals surface area contributed by atoms with Crippen molar-refractivity contribution < 1.29 is 17.9 Å². The third kappa shape index (κ3) is 5.95. The van der Waals surface area contributed by atoms with Gasteiger partial charge in [0.05, 0.1) is 30.8 Å². The van der Waals surface area contributed by atoms with Gasteiger partial charge in [-0.15, -0.1) is 0 Å². The summed E-state index contributed by atoms with van der Waals surface area (Å²) in [6, 6.07) is 7.49. The summed E-state index contributed by atoms with van der Waals surface area (Å²) in [6.45, 7) is 7.76. The van der Waals surface area contributed by atoms with Crippen LogP contribution in [0.15, 0.2) is 35.6 Å². The molecular formula is C23H33N3O4S. The summed E-state index contributed by atoms with van der Waals surface area (Å²) in [5.74, 6) is 0.330. The molecule has 0 spiro atoms. The predicted molar refractivity (Wildman–Crippen MR) is 119 cm³/mol.